The van der Waals surface area contributed by atoms with Gasteiger partial charge in [-0.3, -0.25) is 4.79 Å². The molecule has 3 heteroatoms. The van der Waals surface area contributed by atoms with Crippen LogP contribution in [0.3, 0.4) is 0 Å². The molecule has 1 rings (SSSR count). The van der Waals surface area contributed by atoms with Crippen LogP contribution in [0.25, 0.3) is 0 Å². The van der Waals surface area contributed by atoms with Crippen molar-refractivity contribution in [2.75, 3.05) is 6.54 Å². The first kappa shape index (κ1) is 8.03. The molecule has 1 saturated heterocycles. The van der Waals surface area contributed by atoms with Crippen molar-refractivity contribution in [1.29, 1.82) is 0 Å². The Hall–Kier alpha value is 0.0284. The smallest absolute Gasteiger partial charge is 0.220 e. The van der Waals surface area contributed by atoms with Gasteiger partial charge in [-0.2, -0.15) is 0 Å². The summed E-state index contributed by atoms with van der Waals surface area (Å²) in [5, 5.41) is 2.68. The molecule has 0 bridgehead atoms. The molecule has 0 aromatic carbocycles. The molecular weight excluding hydrogens is 165 g/mol. The van der Waals surface area contributed by atoms with E-state index in [0.29, 0.717) is 0 Å². The second kappa shape index (κ2) is 5.17. The first-order chi connectivity index (χ1) is 3.89. The van der Waals surface area contributed by atoms with Gasteiger partial charge in [-0.25, -0.2) is 0 Å². The molecule has 0 unspecified atom stereocenters. The van der Waals surface area contributed by atoms with Crippen molar-refractivity contribution in [3.63, 3.8) is 0 Å². The maximum atomic E-state index is 10.1. The summed E-state index contributed by atoms with van der Waals surface area (Å²) in [6.45, 7) is 0.888. The summed E-state index contributed by atoms with van der Waals surface area (Å²) in [5.41, 5.74) is 1.94. The Kier molecular flexibility index (Phi) is 5.19. The fourth-order valence-electron chi connectivity index (χ4n) is 0.565. The summed E-state index contributed by atoms with van der Waals surface area (Å²) in [5.74, 6) is 0.204. The van der Waals surface area contributed by atoms with Crippen molar-refractivity contribution in [3.05, 3.63) is 0 Å². The van der Waals surface area contributed by atoms with Gasteiger partial charge in [-0.05, 0) is 6.42 Å². The van der Waals surface area contributed by atoms with Gasteiger partial charge in [0.05, 0.1) is 0 Å². The molecule has 0 atom stereocenters. The van der Waals surface area contributed by atoms with Gasteiger partial charge >= 0.3 is 22.6 Å². The van der Waals surface area contributed by atoms with Crippen LogP contribution in [0.15, 0.2) is 0 Å². The molecule has 1 heterocycles. The Morgan fingerprint density at radius 3 is 2.38 bits per heavy atom. The number of nitrogens with one attached hydrogen (secondary N) is 1. The van der Waals surface area contributed by atoms with E-state index in [4.69, 9.17) is 0 Å². The van der Waals surface area contributed by atoms with E-state index < -0.39 is 0 Å². The van der Waals surface area contributed by atoms with E-state index >= 15 is 0 Å². The minimum absolute atomic E-state index is 0.204. The summed E-state index contributed by atoms with van der Waals surface area (Å²) in [6, 6.07) is 0. The number of hydrogen-bond acceptors (Lipinski definition) is 1. The summed E-state index contributed by atoms with van der Waals surface area (Å²) < 4.78 is 0. The van der Waals surface area contributed by atoms with Crippen LogP contribution in [0, 0.1) is 0 Å². The number of rotatable bonds is 0. The average molecular weight is 175 g/mol. The number of hydrogen-bond donors (Lipinski definition) is 1. The van der Waals surface area contributed by atoms with Crippen molar-refractivity contribution in [2.45, 2.75) is 18.6 Å². The standard InChI is InChI=1S/C4H7NO.CH3As/c6-4-2-1-3-5-4;1-2/h1-3H2,(H,5,6);1H3. The predicted molar refractivity (Wildman–Crippen MR) is 33.9 cm³/mol. The molecule has 1 amide bonds. The summed E-state index contributed by atoms with van der Waals surface area (Å²) in [4.78, 5) is 10.1. The zero-order chi connectivity index (χ0) is 6.41. The minimum Gasteiger partial charge on any atom is -0.356 e. The fraction of sp³-hybridized carbons (Fsp3) is 0.800. The zero-order valence-electron chi connectivity index (χ0n) is 4.98. The van der Waals surface area contributed by atoms with Crippen LogP contribution in [0.1, 0.15) is 12.8 Å². The van der Waals surface area contributed by atoms with Gasteiger partial charge in [-0.15, -0.1) is 0 Å². The van der Waals surface area contributed by atoms with Crippen molar-refractivity contribution >= 4 is 22.8 Å². The van der Waals surface area contributed by atoms with Crippen LogP contribution >= 0.6 is 0 Å². The number of carbonyl (C=O) groups excluding carboxylic acids is 1. The van der Waals surface area contributed by atoms with Crippen LogP contribution in [0.2, 0.25) is 5.71 Å². The molecule has 1 fully saturated rings. The van der Waals surface area contributed by atoms with E-state index in [1.165, 1.54) is 0 Å². The Labute approximate surface area is 58.5 Å². The number of amides is 1. The van der Waals surface area contributed by atoms with Gasteiger partial charge in [0.2, 0.25) is 5.91 Å². The Bertz CT molecular complexity index is 66.8. The first-order valence-electron chi connectivity index (χ1n) is 2.61. The maximum Gasteiger partial charge on any atom is 0.220 e. The molecule has 0 saturated carbocycles. The molecule has 0 spiro atoms. The quantitative estimate of drug-likeness (QED) is 0.520. The second-order valence-corrected chi connectivity index (χ2v) is 1.45. The maximum absolute atomic E-state index is 10.1. The third-order valence-corrected chi connectivity index (χ3v) is 0.903. The molecular formula is C5H10AsNO. The van der Waals surface area contributed by atoms with E-state index in [2.05, 4.69) is 22.2 Å². The zero-order valence-corrected chi connectivity index (χ0v) is 6.85. The number of carbonyl (C=O) groups is 1. The third kappa shape index (κ3) is 3.09. The summed E-state index contributed by atoms with van der Waals surface area (Å²) in [6.07, 6.45) is 1.76. The Morgan fingerprint density at radius 2 is 2.25 bits per heavy atom. The fourth-order valence-corrected chi connectivity index (χ4v) is 0.565. The van der Waals surface area contributed by atoms with Crippen LogP contribution < -0.4 is 5.32 Å². The SMILES string of the molecule is C[As].O=C1CCCN1. The molecule has 46 valence electrons. The van der Waals surface area contributed by atoms with Crippen LogP contribution in [-0.2, 0) is 4.79 Å². The molecule has 1 N–H and O–H groups in total. The van der Waals surface area contributed by atoms with E-state index in [9.17, 15) is 4.79 Å². The van der Waals surface area contributed by atoms with Gasteiger partial charge in [0.1, 0.15) is 0 Å². The van der Waals surface area contributed by atoms with Gasteiger partial charge < -0.3 is 5.32 Å². The van der Waals surface area contributed by atoms with Crippen molar-refractivity contribution < 1.29 is 4.79 Å². The average Bonchev–Trinajstić information content (AvgIpc) is 2.24. The van der Waals surface area contributed by atoms with E-state index in [1.54, 1.807) is 0 Å². The molecule has 2 radical (unpaired) electrons. The van der Waals surface area contributed by atoms with E-state index in [-0.39, 0.29) is 5.91 Å². The van der Waals surface area contributed by atoms with Crippen LogP contribution in [-0.4, -0.2) is 29.3 Å². The van der Waals surface area contributed by atoms with Gasteiger partial charge in [0.25, 0.3) is 0 Å². The minimum atomic E-state index is 0.204. The Balaban J connectivity index is 0.000000222. The molecule has 0 aliphatic carbocycles. The predicted octanol–water partition coefficient (Wildman–Crippen LogP) is 0.0994. The molecule has 2 nitrogen and oxygen atoms in total. The third-order valence-electron chi connectivity index (χ3n) is 0.903. The van der Waals surface area contributed by atoms with Crippen molar-refractivity contribution in [1.82, 2.24) is 5.32 Å². The molecule has 8 heavy (non-hydrogen) atoms. The normalized spacial score (nSPS) is 16.5. The van der Waals surface area contributed by atoms with Crippen molar-refractivity contribution in [2.24, 2.45) is 0 Å². The molecule has 1 aliphatic heterocycles. The topological polar surface area (TPSA) is 29.1 Å². The molecule has 0 aromatic heterocycles. The van der Waals surface area contributed by atoms with E-state index in [0.717, 1.165) is 19.4 Å². The molecule has 1 aliphatic rings. The first-order valence-corrected chi connectivity index (χ1v) is 4.49. The van der Waals surface area contributed by atoms with E-state index in [1.807, 2.05) is 5.71 Å². The van der Waals surface area contributed by atoms with Gasteiger partial charge in [0, 0.05) is 13.0 Å². The van der Waals surface area contributed by atoms with Gasteiger partial charge in [-0.1, -0.05) is 0 Å². The van der Waals surface area contributed by atoms with Crippen molar-refractivity contribution in [3.8, 4) is 0 Å². The second-order valence-electron chi connectivity index (χ2n) is 1.45. The Morgan fingerprint density at radius 1 is 1.62 bits per heavy atom. The summed E-state index contributed by atoms with van der Waals surface area (Å²) >= 11 is 2.31. The monoisotopic (exact) mass is 175 g/mol. The van der Waals surface area contributed by atoms with Crippen LogP contribution in [0.4, 0.5) is 0 Å². The van der Waals surface area contributed by atoms with Gasteiger partial charge in [0.15, 0.2) is 0 Å². The largest absolute Gasteiger partial charge is 0.356 e. The summed E-state index contributed by atoms with van der Waals surface area (Å²) in [7, 11) is 0. The molecule has 0 aromatic rings. The van der Waals surface area contributed by atoms with Crippen LogP contribution in [0.5, 0.6) is 0 Å².